The van der Waals surface area contributed by atoms with Gasteiger partial charge in [0, 0.05) is 47.9 Å². The number of carbonyl (C=O) groups is 1. The first kappa shape index (κ1) is 18.9. The highest BCUT2D eigenvalue weighted by Crippen LogP contribution is 2.43. The Morgan fingerprint density at radius 1 is 1.30 bits per heavy atom. The Morgan fingerprint density at radius 3 is 2.97 bits per heavy atom. The van der Waals surface area contributed by atoms with E-state index in [1.807, 2.05) is 36.1 Å². The summed E-state index contributed by atoms with van der Waals surface area (Å²) in [5, 5.41) is 7.03. The Balaban J connectivity index is 1.19. The van der Waals surface area contributed by atoms with E-state index in [0.717, 1.165) is 40.6 Å². The maximum Gasteiger partial charge on any atom is 0.215 e. The summed E-state index contributed by atoms with van der Waals surface area (Å²) >= 11 is 0. The van der Waals surface area contributed by atoms with Gasteiger partial charge in [0.15, 0.2) is 11.4 Å². The normalized spacial score (nSPS) is 13.9. The van der Waals surface area contributed by atoms with E-state index in [9.17, 15) is 4.79 Å². The van der Waals surface area contributed by atoms with E-state index in [1.165, 1.54) is 23.8 Å². The lowest BCUT2D eigenvalue weighted by Crippen LogP contribution is -2.12. The van der Waals surface area contributed by atoms with Crippen LogP contribution in [0.15, 0.2) is 36.5 Å². The Hall–Kier alpha value is -3.15. The van der Waals surface area contributed by atoms with Gasteiger partial charge in [0.25, 0.3) is 0 Å². The molecule has 1 aliphatic carbocycles. The second-order valence-corrected chi connectivity index (χ2v) is 8.30. The maximum absolute atomic E-state index is 12.3. The first-order valence-electron chi connectivity index (χ1n) is 10.6. The number of pyridine rings is 1. The molecule has 0 amide bonds. The molecule has 1 aliphatic rings. The summed E-state index contributed by atoms with van der Waals surface area (Å²) in [5.41, 5.74) is 5.48. The third-order valence-electron chi connectivity index (χ3n) is 5.92. The van der Waals surface area contributed by atoms with Crippen LogP contribution in [0.5, 0.6) is 5.88 Å². The summed E-state index contributed by atoms with van der Waals surface area (Å²) in [6.45, 7) is 2.12. The van der Waals surface area contributed by atoms with Crippen LogP contribution >= 0.6 is 0 Å². The van der Waals surface area contributed by atoms with Crippen molar-refractivity contribution in [2.45, 2.75) is 44.9 Å². The zero-order chi connectivity index (χ0) is 20.7. The minimum atomic E-state index is 0.0547. The van der Waals surface area contributed by atoms with Gasteiger partial charge in [-0.05, 0) is 49.8 Å². The number of ether oxygens (including phenoxy) is 1. The number of carbonyl (C=O) groups excluding carboxylic acids is 1. The maximum atomic E-state index is 12.3. The number of H-pyrrole nitrogens is 1. The molecule has 154 valence electrons. The second-order valence-electron chi connectivity index (χ2n) is 8.30. The Kier molecular flexibility index (Phi) is 4.77. The molecule has 5 rings (SSSR count). The van der Waals surface area contributed by atoms with Crippen LogP contribution in [0.4, 0.5) is 0 Å². The molecular weight excluding hydrogens is 376 g/mol. The Bertz CT molecular complexity index is 1230. The van der Waals surface area contributed by atoms with Gasteiger partial charge in [-0.3, -0.25) is 9.48 Å². The topological polar surface area (TPSA) is 72.8 Å². The fourth-order valence-electron chi connectivity index (χ4n) is 4.19. The largest absolute Gasteiger partial charge is 0.470 e. The molecule has 3 heterocycles. The molecule has 1 saturated carbocycles. The highest BCUT2D eigenvalue weighted by Gasteiger charge is 2.30. The third-order valence-corrected chi connectivity index (χ3v) is 5.92. The average Bonchev–Trinajstić information content (AvgIpc) is 3.43. The molecule has 3 aromatic heterocycles. The fraction of sp³-hybridized carbons (Fsp3) is 0.375. The summed E-state index contributed by atoms with van der Waals surface area (Å²) in [5.74, 6) is 1.16. The molecule has 0 atom stereocenters. The molecule has 0 bridgehead atoms. The molecule has 1 fully saturated rings. The minimum absolute atomic E-state index is 0.0547. The average molecular weight is 402 g/mol. The number of aryl methyl sites for hydroxylation is 3. The van der Waals surface area contributed by atoms with Crippen LogP contribution in [0.2, 0.25) is 0 Å². The molecule has 0 saturated heterocycles. The molecule has 0 unspecified atom stereocenters. The van der Waals surface area contributed by atoms with Crippen molar-refractivity contribution < 1.29 is 9.53 Å². The summed E-state index contributed by atoms with van der Waals surface area (Å²) < 4.78 is 7.57. The van der Waals surface area contributed by atoms with Crippen molar-refractivity contribution in [2.75, 3.05) is 6.61 Å². The van der Waals surface area contributed by atoms with Crippen LogP contribution in [0, 0.1) is 6.92 Å². The van der Waals surface area contributed by atoms with Crippen LogP contribution in [0.1, 0.15) is 48.4 Å². The van der Waals surface area contributed by atoms with Crippen molar-refractivity contribution in [3.8, 4) is 5.88 Å². The van der Waals surface area contributed by atoms with Crippen molar-refractivity contribution >= 4 is 27.7 Å². The SMILES string of the molecule is Cc1cc(OCC(=O)CCCc2c[nH]c3ccccc23)nc2c1c(C1CC1)nn2C. The van der Waals surface area contributed by atoms with E-state index in [2.05, 4.69) is 34.1 Å². The standard InChI is InChI=1S/C24H26N4O2/c1-15-12-21(26-24-22(15)23(16-10-11-16)27-28(24)2)30-14-18(29)7-5-6-17-13-25-20-9-4-3-8-19(17)20/h3-4,8-9,12-13,16,25H,5-7,10-11,14H2,1-2H3. The number of nitrogens with one attached hydrogen (secondary N) is 1. The number of aromatic amines is 1. The summed E-state index contributed by atoms with van der Waals surface area (Å²) in [6.07, 6.45) is 6.63. The predicted octanol–water partition coefficient (Wildman–Crippen LogP) is 4.61. The lowest BCUT2D eigenvalue weighted by atomic mass is 10.1. The first-order valence-corrected chi connectivity index (χ1v) is 10.6. The monoisotopic (exact) mass is 402 g/mol. The van der Waals surface area contributed by atoms with Crippen LogP contribution < -0.4 is 4.74 Å². The first-order chi connectivity index (χ1) is 14.6. The van der Waals surface area contributed by atoms with Gasteiger partial charge in [0.05, 0.1) is 5.69 Å². The van der Waals surface area contributed by atoms with Crippen molar-refractivity contribution in [1.82, 2.24) is 19.7 Å². The van der Waals surface area contributed by atoms with E-state index in [1.54, 1.807) is 0 Å². The van der Waals surface area contributed by atoms with Crippen molar-refractivity contribution in [3.05, 3.63) is 53.3 Å². The van der Waals surface area contributed by atoms with Gasteiger partial charge in [-0.15, -0.1) is 0 Å². The van der Waals surface area contributed by atoms with Crippen molar-refractivity contribution in [1.29, 1.82) is 0 Å². The van der Waals surface area contributed by atoms with Crippen LogP contribution in [0.25, 0.3) is 21.9 Å². The number of Topliss-reactive ketones (excluding diaryl/α,β-unsaturated/α-hetero) is 1. The molecule has 30 heavy (non-hydrogen) atoms. The van der Waals surface area contributed by atoms with Crippen molar-refractivity contribution in [3.63, 3.8) is 0 Å². The quantitative estimate of drug-likeness (QED) is 0.467. The number of fused-ring (bicyclic) bond motifs is 2. The van der Waals surface area contributed by atoms with Crippen molar-refractivity contribution in [2.24, 2.45) is 7.05 Å². The second kappa shape index (κ2) is 7.59. The van der Waals surface area contributed by atoms with E-state index in [4.69, 9.17) is 4.74 Å². The fourth-order valence-corrected chi connectivity index (χ4v) is 4.19. The van der Waals surface area contributed by atoms with Crippen LogP contribution in [0.3, 0.4) is 0 Å². The molecular formula is C24H26N4O2. The Labute approximate surface area is 175 Å². The van der Waals surface area contributed by atoms with E-state index < -0.39 is 0 Å². The van der Waals surface area contributed by atoms with Gasteiger partial charge >= 0.3 is 0 Å². The Morgan fingerprint density at radius 2 is 2.13 bits per heavy atom. The molecule has 0 spiro atoms. The zero-order valence-electron chi connectivity index (χ0n) is 17.4. The smallest absolute Gasteiger partial charge is 0.215 e. The summed E-state index contributed by atoms with van der Waals surface area (Å²) in [6, 6.07) is 10.2. The minimum Gasteiger partial charge on any atom is -0.470 e. The zero-order valence-corrected chi connectivity index (χ0v) is 17.4. The number of para-hydroxylation sites is 1. The predicted molar refractivity (Wildman–Crippen MR) is 117 cm³/mol. The molecule has 1 aromatic carbocycles. The van der Waals surface area contributed by atoms with E-state index in [0.29, 0.717) is 18.2 Å². The van der Waals surface area contributed by atoms with Gasteiger partial charge in [-0.25, -0.2) is 0 Å². The molecule has 6 heteroatoms. The van der Waals surface area contributed by atoms with E-state index >= 15 is 0 Å². The van der Waals surface area contributed by atoms with Crippen LogP contribution in [-0.2, 0) is 18.3 Å². The van der Waals surface area contributed by atoms with E-state index in [-0.39, 0.29) is 12.4 Å². The summed E-state index contributed by atoms with van der Waals surface area (Å²) in [7, 11) is 1.92. The highest BCUT2D eigenvalue weighted by molar-refractivity contribution is 5.84. The highest BCUT2D eigenvalue weighted by atomic mass is 16.5. The number of benzene rings is 1. The molecule has 4 aromatic rings. The molecule has 0 radical (unpaired) electrons. The molecule has 6 nitrogen and oxygen atoms in total. The molecule has 0 aliphatic heterocycles. The van der Waals surface area contributed by atoms with Gasteiger partial charge in [-0.1, -0.05) is 18.2 Å². The summed E-state index contributed by atoms with van der Waals surface area (Å²) in [4.78, 5) is 20.2. The lowest BCUT2D eigenvalue weighted by molar-refractivity contribution is -0.121. The number of aromatic nitrogens is 4. The number of ketones is 1. The number of hydrogen-bond donors (Lipinski definition) is 1. The van der Waals surface area contributed by atoms with Gasteiger partial charge < -0.3 is 9.72 Å². The van der Waals surface area contributed by atoms with Gasteiger partial charge in [0.2, 0.25) is 5.88 Å². The van der Waals surface area contributed by atoms with Gasteiger partial charge in [0.1, 0.15) is 6.61 Å². The van der Waals surface area contributed by atoms with Crippen LogP contribution in [-0.4, -0.2) is 32.1 Å². The number of nitrogens with zero attached hydrogens (tertiary/aromatic N) is 3. The number of rotatable bonds is 8. The van der Waals surface area contributed by atoms with Gasteiger partial charge in [-0.2, -0.15) is 10.1 Å². The lowest BCUT2D eigenvalue weighted by Gasteiger charge is -2.07. The number of hydrogen-bond acceptors (Lipinski definition) is 4. The molecule has 1 N–H and O–H groups in total. The third kappa shape index (κ3) is 3.58.